The summed E-state index contributed by atoms with van der Waals surface area (Å²) in [7, 11) is 0. The minimum atomic E-state index is -0.198. The van der Waals surface area contributed by atoms with Crippen molar-refractivity contribution in [3.63, 3.8) is 0 Å². The molecule has 6 nitrogen and oxygen atoms in total. The summed E-state index contributed by atoms with van der Waals surface area (Å²) < 4.78 is 6.60. The Hall–Kier alpha value is -2.74. The predicted octanol–water partition coefficient (Wildman–Crippen LogP) is 5.98. The average molecular weight is 485 g/mol. The average Bonchev–Trinajstić information content (AvgIpc) is 3.45. The Labute approximate surface area is 204 Å². The summed E-state index contributed by atoms with van der Waals surface area (Å²) in [5.41, 5.74) is 4.44. The molecule has 8 heteroatoms. The van der Waals surface area contributed by atoms with Crippen molar-refractivity contribution in [1.82, 2.24) is 15.0 Å². The molecule has 2 aromatic heterocycles. The van der Waals surface area contributed by atoms with Gasteiger partial charge in [0, 0.05) is 24.7 Å². The zero-order valence-corrected chi connectivity index (χ0v) is 21.0. The molecule has 0 fully saturated rings. The van der Waals surface area contributed by atoms with Gasteiger partial charge in [0.1, 0.15) is 0 Å². The maximum Gasteiger partial charge on any atom is 0.282 e. The molecule has 2 aromatic carbocycles. The van der Waals surface area contributed by atoms with E-state index in [9.17, 15) is 4.79 Å². The Morgan fingerprint density at radius 2 is 1.76 bits per heavy atom. The van der Waals surface area contributed by atoms with Crippen molar-refractivity contribution in [2.24, 2.45) is 0 Å². The van der Waals surface area contributed by atoms with Crippen LogP contribution in [0.3, 0.4) is 0 Å². The molecule has 0 saturated carbocycles. The molecular weight excluding hydrogens is 456 g/mol. The van der Waals surface area contributed by atoms with Gasteiger partial charge in [-0.25, -0.2) is 4.98 Å². The topological polar surface area (TPSA) is 62.5 Å². The highest BCUT2D eigenvalue weighted by molar-refractivity contribution is 7.22. The lowest BCUT2D eigenvalue weighted by Gasteiger charge is -2.24. The molecule has 0 aliphatic rings. The lowest BCUT2D eigenvalue weighted by atomic mass is 10.1. The first-order valence-corrected chi connectivity index (χ1v) is 11.8. The van der Waals surface area contributed by atoms with Gasteiger partial charge in [0.15, 0.2) is 16.6 Å². The molecule has 0 bridgehead atoms. The molecule has 33 heavy (non-hydrogen) atoms. The number of amides is 1. The number of carbonyl (C=O) groups is 1. The smallest absolute Gasteiger partial charge is 0.282 e. The molecule has 0 radical (unpaired) electrons. The summed E-state index contributed by atoms with van der Waals surface area (Å²) in [6.07, 6.45) is 0. The number of anilines is 1. The Morgan fingerprint density at radius 3 is 2.45 bits per heavy atom. The summed E-state index contributed by atoms with van der Waals surface area (Å²) in [4.78, 5) is 22.4. The van der Waals surface area contributed by atoms with E-state index in [4.69, 9.17) is 9.51 Å². The standard InChI is InChI=1S/C25H28N4O2S.ClH/c1-5-28(6-2)12-13-29(25-26-20-15-17(3)14-18(4)23(20)32-25)24(30)21-16-22(31-27-21)19-10-8-7-9-11-19;/h7-11,14-16H,5-6,12-13H2,1-4H3;1H. The van der Waals surface area contributed by atoms with Crippen molar-refractivity contribution in [2.75, 3.05) is 31.1 Å². The minimum Gasteiger partial charge on any atom is -0.355 e. The first-order valence-electron chi connectivity index (χ1n) is 10.9. The summed E-state index contributed by atoms with van der Waals surface area (Å²) in [6.45, 7) is 11.6. The predicted molar refractivity (Wildman–Crippen MR) is 138 cm³/mol. The number of thiazole rings is 1. The molecule has 4 aromatic rings. The van der Waals surface area contributed by atoms with Gasteiger partial charge >= 0.3 is 0 Å². The number of aryl methyl sites for hydroxylation is 2. The largest absolute Gasteiger partial charge is 0.355 e. The Morgan fingerprint density at radius 1 is 1.03 bits per heavy atom. The molecule has 0 saturated heterocycles. The molecule has 0 aliphatic carbocycles. The zero-order chi connectivity index (χ0) is 22.7. The van der Waals surface area contributed by atoms with E-state index in [0.717, 1.165) is 41.0 Å². The fourth-order valence-electron chi connectivity index (χ4n) is 3.80. The molecule has 1 amide bonds. The second kappa shape index (κ2) is 10.9. The quantitative estimate of drug-likeness (QED) is 0.308. The van der Waals surface area contributed by atoms with E-state index < -0.39 is 0 Å². The van der Waals surface area contributed by atoms with Crippen LogP contribution >= 0.6 is 23.7 Å². The van der Waals surface area contributed by atoms with Gasteiger partial charge in [-0.3, -0.25) is 9.69 Å². The third-order valence-corrected chi connectivity index (χ3v) is 6.84. The van der Waals surface area contributed by atoms with E-state index in [-0.39, 0.29) is 24.0 Å². The molecule has 0 unspecified atom stereocenters. The van der Waals surface area contributed by atoms with Crippen molar-refractivity contribution >= 4 is 45.0 Å². The number of hydrogen-bond donors (Lipinski definition) is 0. The molecule has 2 heterocycles. The molecule has 0 atom stereocenters. The van der Waals surface area contributed by atoms with Crippen LogP contribution in [-0.2, 0) is 0 Å². The number of fused-ring (bicyclic) bond motifs is 1. The summed E-state index contributed by atoms with van der Waals surface area (Å²) in [5.74, 6) is 0.380. The van der Waals surface area contributed by atoms with Gasteiger partial charge in [-0.15, -0.1) is 12.4 Å². The van der Waals surface area contributed by atoms with Crippen molar-refractivity contribution in [3.8, 4) is 11.3 Å². The summed E-state index contributed by atoms with van der Waals surface area (Å²) in [5, 5.41) is 4.78. The highest BCUT2D eigenvalue weighted by atomic mass is 35.5. The van der Waals surface area contributed by atoms with Crippen molar-refractivity contribution in [3.05, 3.63) is 65.4 Å². The maximum absolute atomic E-state index is 13.6. The van der Waals surface area contributed by atoms with Crippen LogP contribution in [-0.4, -0.2) is 47.1 Å². The van der Waals surface area contributed by atoms with Crippen molar-refractivity contribution in [2.45, 2.75) is 27.7 Å². The van der Waals surface area contributed by atoms with Gasteiger partial charge in [-0.05, 0) is 44.1 Å². The SMILES string of the molecule is CCN(CC)CCN(C(=O)c1cc(-c2ccccc2)on1)c1nc2cc(C)cc(C)c2s1.Cl. The zero-order valence-electron chi connectivity index (χ0n) is 19.4. The van der Waals surface area contributed by atoms with Crippen LogP contribution in [0.25, 0.3) is 21.5 Å². The lowest BCUT2D eigenvalue weighted by molar-refractivity contribution is 0.0975. The second-order valence-corrected chi connectivity index (χ2v) is 8.83. The fraction of sp³-hybridized carbons (Fsp3) is 0.320. The number of likely N-dealkylation sites (N-methyl/N-ethyl adjacent to an activating group) is 1. The number of halogens is 1. The molecule has 0 aliphatic heterocycles. The van der Waals surface area contributed by atoms with Gasteiger partial charge < -0.3 is 9.42 Å². The summed E-state index contributed by atoms with van der Waals surface area (Å²) >= 11 is 1.55. The normalized spacial score (nSPS) is 11.1. The van der Waals surface area contributed by atoms with Crippen LogP contribution in [0.2, 0.25) is 0 Å². The van der Waals surface area contributed by atoms with Gasteiger partial charge in [-0.1, -0.05) is 66.7 Å². The van der Waals surface area contributed by atoms with Crippen LogP contribution < -0.4 is 4.90 Å². The van der Waals surface area contributed by atoms with E-state index in [0.29, 0.717) is 17.4 Å². The number of benzene rings is 2. The Kier molecular flexibility index (Phi) is 8.24. The van der Waals surface area contributed by atoms with Gasteiger partial charge in [0.2, 0.25) is 0 Å². The van der Waals surface area contributed by atoms with Crippen molar-refractivity contribution in [1.29, 1.82) is 0 Å². The van der Waals surface area contributed by atoms with E-state index in [1.165, 1.54) is 5.56 Å². The summed E-state index contributed by atoms with van der Waals surface area (Å²) in [6, 6.07) is 15.6. The lowest BCUT2D eigenvalue weighted by Crippen LogP contribution is -2.39. The van der Waals surface area contributed by atoms with E-state index >= 15 is 0 Å². The van der Waals surface area contributed by atoms with Gasteiger partial charge in [-0.2, -0.15) is 0 Å². The molecule has 174 valence electrons. The van der Waals surface area contributed by atoms with Gasteiger partial charge in [0.05, 0.1) is 10.2 Å². The molecular formula is C25H29ClN4O2S. The van der Waals surface area contributed by atoms with Crippen LogP contribution in [0.1, 0.15) is 35.5 Å². The Bertz CT molecular complexity index is 1220. The number of aromatic nitrogens is 2. The Balaban J connectivity index is 0.00000306. The molecule has 4 rings (SSSR count). The fourth-order valence-corrected chi connectivity index (χ4v) is 4.84. The maximum atomic E-state index is 13.6. The van der Waals surface area contributed by atoms with Crippen LogP contribution in [0.15, 0.2) is 53.1 Å². The van der Waals surface area contributed by atoms with E-state index in [2.05, 4.69) is 49.9 Å². The highest BCUT2D eigenvalue weighted by Crippen LogP contribution is 2.33. The second-order valence-electron chi connectivity index (χ2n) is 7.85. The van der Waals surface area contributed by atoms with Crippen LogP contribution in [0, 0.1) is 13.8 Å². The number of rotatable bonds is 8. The first-order chi connectivity index (χ1) is 15.5. The third-order valence-electron chi connectivity index (χ3n) is 5.61. The molecule has 0 N–H and O–H groups in total. The molecule has 0 spiro atoms. The van der Waals surface area contributed by atoms with Crippen LogP contribution in [0.5, 0.6) is 0 Å². The number of hydrogen-bond acceptors (Lipinski definition) is 6. The third kappa shape index (κ3) is 5.43. The van der Waals surface area contributed by atoms with Crippen molar-refractivity contribution < 1.29 is 9.32 Å². The van der Waals surface area contributed by atoms with Crippen LogP contribution in [0.4, 0.5) is 5.13 Å². The first kappa shape index (κ1) is 24.9. The monoisotopic (exact) mass is 484 g/mol. The number of nitrogens with zero attached hydrogens (tertiary/aromatic N) is 4. The van der Waals surface area contributed by atoms with E-state index in [1.54, 1.807) is 22.3 Å². The van der Waals surface area contributed by atoms with E-state index in [1.807, 2.05) is 30.3 Å². The van der Waals surface area contributed by atoms with Gasteiger partial charge in [0.25, 0.3) is 5.91 Å². The highest BCUT2D eigenvalue weighted by Gasteiger charge is 2.25. The number of carbonyl (C=O) groups excluding carboxylic acids is 1. The minimum absolute atomic E-state index is 0.